The third kappa shape index (κ3) is 2.82. The van der Waals surface area contributed by atoms with Gasteiger partial charge in [-0.05, 0) is 19.1 Å². The number of benzene rings is 1. The average Bonchev–Trinajstić information content (AvgIpc) is 2.38. The summed E-state index contributed by atoms with van der Waals surface area (Å²) in [5.74, 6) is 1.19. The molecule has 1 amide bonds. The molecule has 17 heavy (non-hydrogen) atoms. The van der Waals surface area contributed by atoms with Gasteiger partial charge in [0.05, 0.1) is 6.04 Å². The number of amides is 1. The molecule has 1 aliphatic heterocycles. The minimum atomic E-state index is -0.207. The van der Waals surface area contributed by atoms with E-state index >= 15 is 0 Å². The van der Waals surface area contributed by atoms with E-state index in [9.17, 15) is 4.79 Å². The van der Waals surface area contributed by atoms with Crippen LogP contribution in [0.1, 0.15) is 6.92 Å². The first-order chi connectivity index (χ1) is 8.20. The molecule has 1 aromatic carbocycles. The Hall–Kier alpha value is -1.42. The number of hydrogen-bond acceptors (Lipinski definition) is 3. The van der Waals surface area contributed by atoms with Crippen molar-refractivity contribution in [1.82, 2.24) is 5.32 Å². The molecule has 0 radical (unpaired) electrons. The second-order valence-corrected chi connectivity index (χ2v) is 4.17. The monoisotopic (exact) mass is 255 g/mol. The molecule has 0 bridgehead atoms. The molecule has 0 spiro atoms. The summed E-state index contributed by atoms with van der Waals surface area (Å²) in [5, 5.41) is 2.75. The predicted molar refractivity (Wildman–Crippen MR) is 64.7 cm³/mol. The minimum absolute atomic E-state index is 0.0471. The minimum Gasteiger partial charge on any atom is -0.486 e. The lowest BCUT2D eigenvalue weighted by Crippen LogP contribution is -2.48. The van der Waals surface area contributed by atoms with E-state index in [0.29, 0.717) is 12.4 Å². The van der Waals surface area contributed by atoms with Crippen molar-refractivity contribution < 1.29 is 14.3 Å². The number of carbonyl (C=O) groups excluding carboxylic acids is 1. The first-order valence-electron chi connectivity index (χ1n) is 5.44. The number of hydrogen-bond donors (Lipinski definition) is 1. The fraction of sp³-hybridized carbons (Fsp3) is 0.417. The second kappa shape index (κ2) is 5.27. The smallest absolute Gasteiger partial charge is 0.235 e. The Labute approximate surface area is 105 Å². The molecular weight excluding hydrogens is 242 g/mol. The Balaban J connectivity index is 2.00. The Morgan fingerprint density at radius 1 is 1.53 bits per heavy atom. The molecule has 1 aliphatic rings. The zero-order valence-electron chi connectivity index (χ0n) is 9.48. The van der Waals surface area contributed by atoms with Crippen molar-refractivity contribution in [2.24, 2.45) is 0 Å². The second-order valence-electron chi connectivity index (χ2n) is 3.90. The molecule has 2 atom stereocenters. The van der Waals surface area contributed by atoms with Crippen molar-refractivity contribution in [2.75, 3.05) is 12.5 Å². The van der Waals surface area contributed by atoms with Gasteiger partial charge in [0, 0.05) is 0 Å². The summed E-state index contributed by atoms with van der Waals surface area (Å²) in [5.41, 5.74) is 0. The van der Waals surface area contributed by atoms with E-state index in [1.165, 1.54) is 0 Å². The van der Waals surface area contributed by atoms with Gasteiger partial charge in [-0.15, -0.1) is 11.6 Å². The van der Waals surface area contributed by atoms with E-state index in [1.807, 2.05) is 31.2 Å². The molecule has 0 saturated carbocycles. The molecule has 0 saturated heterocycles. The van der Waals surface area contributed by atoms with Gasteiger partial charge in [-0.25, -0.2) is 0 Å². The van der Waals surface area contributed by atoms with Gasteiger partial charge < -0.3 is 14.8 Å². The molecule has 92 valence electrons. The molecule has 4 nitrogen and oxygen atoms in total. The fourth-order valence-electron chi connectivity index (χ4n) is 1.67. The summed E-state index contributed by atoms with van der Waals surface area (Å²) in [4.78, 5) is 11.2. The maximum absolute atomic E-state index is 11.2. The number of alkyl halides is 1. The summed E-state index contributed by atoms with van der Waals surface area (Å²) in [7, 11) is 0. The van der Waals surface area contributed by atoms with Crippen LogP contribution in [0.4, 0.5) is 0 Å². The van der Waals surface area contributed by atoms with Crippen LogP contribution in [0.3, 0.4) is 0 Å². The van der Waals surface area contributed by atoms with Crippen molar-refractivity contribution in [1.29, 1.82) is 0 Å². The van der Waals surface area contributed by atoms with Crippen LogP contribution in [0.5, 0.6) is 11.5 Å². The molecule has 0 fully saturated rings. The SMILES string of the molecule is C[C@@H](NC(=O)CCl)[C@@H]1COc2ccccc2O1. The fourth-order valence-corrected chi connectivity index (χ4v) is 1.74. The quantitative estimate of drug-likeness (QED) is 0.834. The number of para-hydroxylation sites is 2. The highest BCUT2D eigenvalue weighted by Crippen LogP contribution is 2.31. The molecule has 1 heterocycles. The first-order valence-corrected chi connectivity index (χ1v) is 5.98. The van der Waals surface area contributed by atoms with Crippen LogP contribution in [0.2, 0.25) is 0 Å². The van der Waals surface area contributed by atoms with Gasteiger partial charge in [-0.1, -0.05) is 12.1 Å². The highest BCUT2D eigenvalue weighted by molar-refractivity contribution is 6.27. The summed E-state index contributed by atoms with van der Waals surface area (Å²) in [6.07, 6.45) is -0.197. The Kier molecular flexibility index (Phi) is 3.74. The van der Waals surface area contributed by atoms with Crippen LogP contribution < -0.4 is 14.8 Å². The summed E-state index contributed by atoms with van der Waals surface area (Å²) in [6, 6.07) is 7.33. The highest BCUT2D eigenvalue weighted by Gasteiger charge is 2.26. The van der Waals surface area contributed by atoms with E-state index in [-0.39, 0.29) is 23.9 Å². The van der Waals surface area contributed by atoms with E-state index < -0.39 is 0 Å². The third-order valence-electron chi connectivity index (χ3n) is 2.60. The van der Waals surface area contributed by atoms with Crippen LogP contribution in [0.25, 0.3) is 0 Å². The van der Waals surface area contributed by atoms with Gasteiger partial charge in [-0.2, -0.15) is 0 Å². The van der Waals surface area contributed by atoms with Crippen molar-refractivity contribution >= 4 is 17.5 Å². The van der Waals surface area contributed by atoms with E-state index in [0.717, 1.165) is 5.75 Å². The van der Waals surface area contributed by atoms with Crippen LogP contribution >= 0.6 is 11.6 Å². The van der Waals surface area contributed by atoms with Gasteiger partial charge in [0.15, 0.2) is 17.6 Å². The van der Waals surface area contributed by atoms with E-state index in [2.05, 4.69) is 5.32 Å². The third-order valence-corrected chi connectivity index (χ3v) is 2.84. The number of halogens is 1. The summed E-state index contributed by atoms with van der Waals surface area (Å²) >= 11 is 5.43. The Morgan fingerprint density at radius 3 is 2.94 bits per heavy atom. The number of fused-ring (bicyclic) bond motifs is 1. The normalized spacial score (nSPS) is 19.5. The van der Waals surface area contributed by atoms with Crippen molar-refractivity contribution in [2.45, 2.75) is 19.1 Å². The van der Waals surface area contributed by atoms with Gasteiger partial charge >= 0.3 is 0 Å². The molecule has 1 aromatic rings. The maximum Gasteiger partial charge on any atom is 0.235 e. The first kappa shape index (κ1) is 12.0. The highest BCUT2D eigenvalue weighted by atomic mass is 35.5. The summed E-state index contributed by atoms with van der Waals surface area (Å²) < 4.78 is 11.3. The molecule has 0 unspecified atom stereocenters. The van der Waals surface area contributed by atoms with Crippen LogP contribution in [0, 0.1) is 0 Å². The lowest BCUT2D eigenvalue weighted by atomic mass is 10.1. The zero-order valence-corrected chi connectivity index (χ0v) is 10.2. The average molecular weight is 256 g/mol. The zero-order chi connectivity index (χ0) is 12.3. The molecule has 0 aliphatic carbocycles. The number of rotatable bonds is 3. The van der Waals surface area contributed by atoms with Gasteiger partial charge in [-0.3, -0.25) is 4.79 Å². The molecule has 1 N–H and O–H groups in total. The molecule has 5 heteroatoms. The van der Waals surface area contributed by atoms with Crippen molar-refractivity contribution in [3.63, 3.8) is 0 Å². The van der Waals surface area contributed by atoms with Gasteiger partial charge in [0.2, 0.25) is 5.91 Å². The number of nitrogens with one attached hydrogen (secondary N) is 1. The molecule has 2 rings (SSSR count). The largest absolute Gasteiger partial charge is 0.486 e. The van der Waals surface area contributed by atoms with Crippen LogP contribution in [0.15, 0.2) is 24.3 Å². The van der Waals surface area contributed by atoms with Crippen molar-refractivity contribution in [3.8, 4) is 11.5 Å². The van der Waals surface area contributed by atoms with Gasteiger partial charge in [0.25, 0.3) is 0 Å². The molecule has 0 aromatic heterocycles. The topological polar surface area (TPSA) is 47.6 Å². The van der Waals surface area contributed by atoms with Crippen LogP contribution in [-0.4, -0.2) is 30.5 Å². The maximum atomic E-state index is 11.2. The van der Waals surface area contributed by atoms with E-state index in [4.69, 9.17) is 21.1 Å². The van der Waals surface area contributed by atoms with Crippen LogP contribution in [-0.2, 0) is 4.79 Å². The van der Waals surface area contributed by atoms with E-state index in [1.54, 1.807) is 0 Å². The van der Waals surface area contributed by atoms with Gasteiger partial charge in [0.1, 0.15) is 12.5 Å². The predicted octanol–water partition coefficient (Wildman–Crippen LogP) is 1.57. The van der Waals surface area contributed by atoms with Crippen molar-refractivity contribution in [3.05, 3.63) is 24.3 Å². The lowest BCUT2D eigenvalue weighted by Gasteiger charge is -2.30. The standard InChI is InChI=1S/C12H14ClNO3/c1-8(14-12(15)6-13)11-7-16-9-4-2-3-5-10(9)17-11/h2-5,8,11H,6-7H2,1H3,(H,14,15)/t8-,11+/m1/s1. The Morgan fingerprint density at radius 2 is 2.24 bits per heavy atom. The Bertz CT molecular complexity index is 410. The molecular formula is C12H14ClNO3. The number of ether oxygens (including phenoxy) is 2. The number of carbonyl (C=O) groups is 1. The summed E-state index contributed by atoms with van der Waals surface area (Å²) in [6.45, 7) is 2.28. The lowest BCUT2D eigenvalue weighted by molar-refractivity contribution is -0.120.